The lowest BCUT2D eigenvalue weighted by atomic mass is 9.85. The van der Waals surface area contributed by atoms with E-state index >= 15 is 0 Å². The fourth-order valence-corrected chi connectivity index (χ4v) is 4.51. The van der Waals surface area contributed by atoms with Gasteiger partial charge in [0, 0.05) is 36.5 Å². The quantitative estimate of drug-likeness (QED) is 0.429. The van der Waals surface area contributed by atoms with Gasteiger partial charge in [0.1, 0.15) is 12.4 Å². The smallest absolute Gasteiger partial charge is 0.223 e. The van der Waals surface area contributed by atoms with Gasteiger partial charge in [0.25, 0.3) is 0 Å². The molecule has 2 aromatic rings. The maximum absolute atomic E-state index is 12.5. The van der Waals surface area contributed by atoms with Crippen LogP contribution >= 0.6 is 11.3 Å². The number of nitrogens with zero attached hydrogens (tertiary/aromatic N) is 4. The van der Waals surface area contributed by atoms with Crippen molar-refractivity contribution in [2.45, 2.75) is 71.5 Å². The number of hydrogen-bond donors (Lipinski definition) is 3. The van der Waals surface area contributed by atoms with E-state index in [0.717, 1.165) is 56.3 Å². The second-order valence-electron chi connectivity index (χ2n) is 8.51. The van der Waals surface area contributed by atoms with Crippen molar-refractivity contribution in [2.75, 3.05) is 6.54 Å². The minimum absolute atomic E-state index is 0.0578. The summed E-state index contributed by atoms with van der Waals surface area (Å²) in [6, 6.07) is 4.63. The minimum Gasteiger partial charge on any atom is -0.356 e. The van der Waals surface area contributed by atoms with Crippen molar-refractivity contribution in [3.8, 4) is 0 Å². The maximum Gasteiger partial charge on any atom is 0.223 e. The molecule has 31 heavy (non-hydrogen) atoms. The first-order valence-corrected chi connectivity index (χ1v) is 12.0. The molecule has 0 saturated heterocycles. The number of carbonyl (C=O) groups excluding carboxylic acids is 1. The first-order chi connectivity index (χ1) is 14.9. The lowest BCUT2D eigenvalue weighted by Crippen LogP contribution is -2.48. The van der Waals surface area contributed by atoms with E-state index in [1.807, 2.05) is 32.4 Å². The number of guanidine groups is 1. The normalized spacial score (nSPS) is 19.5. The van der Waals surface area contributed by atoms with Gasteiger partial charge < -0.3 is 20.5 Å². The number of thiophene rings is 1. The molecule has 1 aliphatic rings. The van der Waals surface area contributed by atoms with Gasteiger partial charge in [-0.05, 0) is 57.9 Å². The molecule has 1 amide bonds. The summed E-state index contributed by atoms with van der Waals surface area (Å²) in [6.45, 7) is 7.20. The van der Waals surface area contributed by atoms with Crippen LogP contribution < -0.4 is 16.0 Å². The number of nitrogens with one attached hydrogen (secondary N) is 3. The summed E-state index contributed by atoms with van der Waals surface area (Å²) in [5.74, 6) is 2.70. The summed E-state index contributed by atoms with van der Waals surface area (Å²) >= 11 is 1.77. The van der Waals surface area contributed by atoms with Crippen LogP contribution in [0.2, 0.25) is 0 Å². The average Bonchev–Trinajstić information content (AvgIpc) is 3.36. The number of aliphatic imine (C=N–C) groups is 1. The van der Waals surface area contributed by atoms with Gasteiger partial charge in [-0.25, -0.2) is 4.99 Å². The van der Waals surface area contributed by atoms with Crippen LogP contribution in [0, 0.1) is 12.8 Å². The Kier molecular flexibility index (Phi) is 8.45. The molecule has 0 bridgehead atoms. The van der Waals surface area contributed by atoms with Crippen molar-refractivity contribution in [1.82, 2.24) is 30.7 Å². The van der Waals surface area contributed by atoms with Crippen LogP contribution in [0.5, 0.6) is 0 Å². The lowest BCUT2D eigenvalue weighted by Gasteiger charge is -2.30. The monoisotopic (exact) mass is 445 g/mol. The van der Waals surface area contributed by atoms with Crippen LogP contribution in [-0.2, 0) is 24.8 Å². The number of aromatic nitrogens is 3. The third kappa shape index (κ3) is 7.05. The van der Waals surface area contributed by atoms with Crippen molar-refractivity contribution in [3.05, 3.63) is 34.0 Å². The highest BCUT2D eigenvalue weighted by molar-refractivity contribution is 7.09. The van der Waals surface area contributed by atoms with Crippen LogP contribution in [0.1, 0.15) is 56.1 Å². The highest BCUT2D eigenvalue weighted by atomic mass is 32.1. The molecule has 1 fully saturated rings. The molecule has 3 N–H and O–H groups in total. The molecular formula is C22H35N7OS. The third-order valence-corrected chi connectivity index (χ3v) is 6.56. The Labute approximate surface area is 188 Å². The number of hydrogen-bond acceptors (Lipinski definition) is 5. The molecule has 1 saturated carbocycles. The Balaban J connectivity index is 1.62. The fraction of sp³-hybridized carbons (Fsp3) is 0.636. The van der Waals surface area contributed by atoms with Gasteiger partial charge in [0.2, 0.25) is 5.91 Å². The minimum atomic E-state index is 0.0578. The molecule has 2 unspecified atom stereocenters. The second-order valence-corrected chi connectivity index (χ2v) is 9.54. The molecule has 2 atom stereocenters. The molecule has 1 aliphatic carbocycles. The van der Waals surface area contributed by atoms with Crippen molar-refractivity contribution in [2.24, 2.45) is 18.0 Å². The zero-order chi connectivity index (χ0) is 22.2. The van der Waals surface area contributed by atoms with Crippen molar-refractivity contribution in [1.29, 1.82) is 0 Å². The Hall–Kier alpha value is -2.42. The highest BCUT2D eigenvalue weighted by Crippen LogP contribution is 2.24. The van der Waals surface area contributed by atoms with Gasteiger partial charge >= 0.3 is 0 Å². The molecule has 2 heterocycles. The lowest BCUT2D eigenvalue weighted by molar-refractivity contribution is -0.126. The van der Waals surface area contributed by atoms with E-state index in [1.54, 1.807) is 11.3 Å². The van der Waals surface area contributed by atoms with E-state index in [1.165, 1.54) is 4.88 Å². The zero-order valence-electron chi connectivity index (χ0n) is 19.0. The van der Waals surface area contributed by atoms with Crippen LogP contribution in [0.3, 0.4) is 0 Å². The Morgan fingerprint density at radius 2 is 2.19 bits per heavy atom. The molecule has 0 spiro atoms. The summed E-state index contributed by atoms with van der Waals surface area (Å²) in [5, 5.41) is 20.5. The molecule has 170 valence electrons. The van der Waals surface area contributed by atoms with Gasteiger partial charge in [-0.3, -0.25) is 4.79 Å². The van der Waals surface area contributed by atoms with E-state index in [9.17, 15) is 4.79 Å². The van der Waals surface area contributed by atoms with Gasteiger partial charge in [-0.1, -0.05) is 12.5 Å². The molecular weight excluding hydrogens is 410 g/mol. The van der Waals surface area contributed by atoms with Crippen LogP contribution in [0.4, 0.5) is 0 Å². The Morgan fingerprint density at radius 3 is 2.87 bits per heavy atom. The Morgan fingerprint density at radius 1 is 1.35 bits per heavy atom. The van der Waals surface area contributed by atoms with Crippen LogP contribution in [0.25, 0.3) is 0 Å². The summed E-state index contributed by atoms with van der Waals surface area (Å²) in [5.41, 5.74) is 0. The predicted octanol–water partition coefficient (Wildman–Crippen LogP) is 2.55. The van der Waals surface area contributed by atoms with E-state index in [0.29, 0.717) is 6.54 Å². The average molecular weight is 446 g/mol. The standard InChI is InChI=1S/C22H35N7OS/c1-15(2)25-21(30)17-7-5-8-18(13-17)26-22(23-11-10-19-9-6-12-31-19)24-14-20-28-27-16(3)29(20)4/h6,9,12,15,17-18H,5,7-8,10-11,13-14H2,1-4H3,(H,25,30)(H2,23,24,26). The zero-order valence-corrected chi connectivity index (χ0v) is 19.8. The van der Waals surface area contributed by atoms with Gasteiger partial charge in [0.15, 0.2) is 11.8 Å². The number of amides is 1. The van der Waals surface area contributed by atoms with Gasteiger partial charge in [-0.2, -0.15) is 0 Å². The molecule has 0 aromatic carbocycles. The summed E-state index contributed by atoms with van der Waals surface area (Å²) in [6.07, 6.45) is 4.81. The maximum atomic E-state index is 12.5. The molecule has 2 aromatic heterocycles. The first kappa shape index (κ1) is 23.2. The second kappa shape index (κ2) is 11.3. The Bertz CT molecular complexity index is 859. The van der Waals surface area contributed by atoms with E-state index < -0.39 is 0 Å². The summed E-state index contributed by atoms with van der Waals surface area (Å²) in [7, 11) is 1.95. The van der Waals surface area contributed by atoms with Crippen molar-refractivity contribution >= 4 is 23.2 Å². The summed E-state index contributed by atoms with van der Waals surface area (Å²) in [4.78, 5) is 18.6. The van der Waals surface area contributed by atoms with E-state index in [-0.39, 0.29) is 23.9 Å². The van der Waals surface area contributed by atoms with Crippen LogP contribution in [0.15, 0.2) is 22.5 Å². The van der Waals surface area contributed by atoms with Crippen LogP contribution in [-0.4, -0.2) is 45.3 Å². The number of aryl methyl sites for hydroxylation is 1. The SMILES string of the molecule is Cc1nnc(CN=C(NCCc2cccs2)NC2CCCC(C(=O)NC(C)C)C2)n1C. The number of carbonyl (C=O) groups is 1. The fourth-order valence-electron chi connectivity index (χ4n) is 3.80. The molecule has 0 aliphatic heterocycles. The van der Waals surface area contributed by atoms with Gasteiger partial charge in [0.05, 0.1) is 0 Å². The summed E-state index contributed by atoms with van der Waals surface area (Å²) < 4.78 is 1.96. The van der Waals surface area contributed by atoms with Crippen molar-refractivity contribution < 1.29 is 4.79 Å². The van der Waals surface area contributed by atoms with E-state index in [2.05, 4.69) is 43.7 Å². The molecule has 3 rings (SSSR count). The van der Waals surface area contributed by atoms with E-state index in [4.69, 9.17) is 4.99 Å². The predicted molar refractivity (Wildman–Crippen MR) is 125 cm³/mol. The molecule has 9 heteroatoms. The highest BCUT2D eigenvalue weighted by Gasteiger charge is 2.28. The number of rotatable bonds is 8. The molecule has 0 radical (unpaired) electrons. The van der Waals surface area contributed by atoms with Gasteiger partial charge in [-0.15, -0.1) is 21.5 Å². The molecule has 8 nitrogen and oxygen atoms in total. The van der Waals surface area contributed by atoms with Crippen molar-refractivity contribution in [3.63, 3.8) is 0 Å². The topological polar surface area (TPSA) is 96.2 Å². The largest absolute Gasteiger partial charge is 0.356 e. The third-order valence-electron chi connectivity index (χ3n) is 5.62. The first-order valence-electron chi connectivity index (χ1n) is 11.1.